The predicted molar refractivity (Wildman–Crippen MR) is 120 cm³/mol. The van der Waals surface area contributed by atoms with Crippen LogP contribution in [0.3, 0.4) is 0 Å². The van der Waals surface area contributed by atoms with Crippen molar-refractivity contribution in [1.82, 2.24) is 5.43 Å². The molecule has 1 heterocycles. The van der Waals surface area contributed by atoms with E-state index in [1.54, 1.807) is 24.3 Å². The summed E-state index contributed by atoms with van der Waals surface area (Å²) in [5.74, 6) is -0.363. The molecule has 0 saturated carbocycles. The van der Waals surface area contributed by atoms with E-state index in [9.17, 15) is 9.18 Å². The Bertz CT molecular complexity index is 942. The monoisotopic (exact) mass is 459 g/mol. The third-order valence-electron chi connectivity index (χ3n) is 5.41. The first-order valence-electron chi connectivity index (χ1n) is 9.93. The first-order valence-corrected chi connectivity index (χ1v) is 10.7. The second-order valence-corrected chi connectivity index (χ2v) is 9.13. The van der Waals surface area contributed by atoms with Gasteiger partial charge in [0.25, 0.3) is 5.91 Å². The Labute approximate surface area is 180 Å². The van der Waals surface area contributed by atoms with Gasteiger partial charge in [-0.05, 0) is 68.5 Å². The van der Waals surface area contributed by atoms with Crippen LogP contribution in [0, 0.1) is 5.82 Å². The number of anilines is 1. The van der Waals surface area contributed by atoms with Gasteiger partial charge in [-0.25, -0.2) is 9.82 Å². The van der Waals surface area contributed by atoms with Gasteiger partial charge in [-0.15, -0.1) is 0 Å². The van der Waals surface area contributed by atoms with Gasteiger partial charge in [0, 0.05) is 33.4 Å². The van der Waals surface area contributed by atoms with Crippen LogP contribution in [-0.4, -0.2) is 24.2 Å². The standard InChI is InChI=1S/C23H27BrFN3O/c1-5-9-28-21-12-20(25)17(11-19(21)15(2)13-23(28,3)4)14-26-27-22(29)16-7-6-8-18(24)10-16/h6-8,10-12,14-15H,5,9,13H2,1-4H3,(H,27,29)/b26-14-. The van der Waals surface area contributed by atoms with Crippen LogP contribution in [0.2, 0.25) is 0 Å². The molecule has 0 fully saturated rings. The number of hydrogen-bond acceptors (Lipinski definition) is 3. The summed E-state index contributed by atoms with van der Waals surface area (Å²) in [7, 11) is 0. The zero-order valence-corrected chi connectivity index (χ0v) is 18.9. The van der Waals surface area contributed by atoms with Crippen molar-refractivity contribution in [2.75, 3.05) is 11.4 Å². The summed E-state index contributed by atoms with van der Waals surface area (Å²) in [6, 6.07) is 10.5. The Morgan fingerprint density at radius 1 is 1.38 bits per heavy atom. The Morgan fingerprint density at radius 3 is 2.83 bits per heavy atom. The van der Waals surface area contributed by atoms with Crippen molar-refractivity contribution in [2.24, 2.45) is 5.10 Å². The Hall–Kier alpha value is -2.21. The molecule has 1 atom stereocenters. The number of nitrogens with zero attached hydrogens (tertiary/aromatic N) is 2. The molecule has 0 aliphatic carbocycles. The summed E-state index contributed by atoms with van der Waals surface area (Å²) < 4.78 is 15.6. The van der Waals surface area contributed by atoms with Gasteiger partial charge < -0.3 is 4.90 Å². The molecule has 0 spiro atoms. The minimum Gasteiger partial charge on any atom is -0.366 e. The molecule has 4 nitrogen and oxygen atoms in total. The van der Waals surface area contributed by atoms with Gasteiger partial charge in [-0.3, -0.25) is 4.79 Å². The topological polar surface area (TPSA) is 44.7 Å². The summed E-state index contributed by atoms with van der Waals surface area (Å²) in [6.45, 7) is 9.64. The molecule has 0 saturated heterocycles. The molecule has 1 aliphatic heterocycles. The van der Waals surface area contributed by atoms with Crippen molar-refractivity contribution < 1.29 is 9.18 Å². The lowest BCUT2D eigenvalue weighted by atomic mass is 9.79. The van der Waals surface area contributed by atoms with E-state index in [1.165, 1.54) is 6.21 Å². The fraction of sp³-hybridized carbons (Fsp3) is 0.391. The number of hydrogen-bond donors (Lipinski definition) is 1. The van der Waals surface area contributed by atoms with Crippen molar-refractivity contribution >= 4 is 33.7 Å². The van der Waals surface area contributed by atoms with E-state index in [0.29, 0.717) is 17.0 Å². The van der Waals surface area contributed by atoms with Gasteiger partial charge >= 0.3 is 0 Å². The lowest BCUT2D eigenvalue weighted by Crippen LogP contribution is -2.48. The fourth-order valence-corrected chi connectivity index (χ4v) is 4.52. The number of fused-ring (bicyclic) bond motifs is 1. The van der Waals surface area contributed by atoms with Crippen LogP contribution >= 0.6 is 15.9 Å². The molecule has 0 radical (unpaired) electrons. The lowest BCUT2D eigenvalue weighted by Gasteiger charge is -2.47. The SMILES string of the molecule is CCCN1c2cc(F)c(/C=N\NC(=O)c3cccc(Br)c3)cc2C(C)CC1(C)C. The van der Waals surface area contributed by atoms with Gasteiger partial charge in [-0.1, -0.05) is 35.8 Å². The van der Waals surface area contributed by atoms with Crippen LogP contribution < -0.4 is 10.3 Å². The van der Waals surface area contributed by atoms with Crippen LogP contribution in [0.4, 0.5) is 10.1 Å². The summed E-state index contributed by atoms with van der Waals surface area (Å²) in [6.07, 6.45) is 3.38. The molecule has 2 aromatic rings. The molecule has 6 heteroatoms. The molecule has 0 bridgehead atoms. The predicted octanol–water partition coefficient (Wildman–Crippen LogP) is 5.85. The number of benzene rings is 2. The minimum absolute atomic E-state index is 0.0115. The zero-order chi connectivity index (χ0) is 21.2. The molecule has 3 rings (SSSR count). The van der Waals surface area contributed by atoms with E-state index in [1.807, 2.05) is 12.1 Å². The van der Waals surface area contributed by atoms with Crippen molar-refractivity contribution in [3.63, 3.8) is 0 Å². The van der Waals surface area contributed by atoms with Crippen LogP contribution in [0.15, 0.2) is 46.0 Å². The van der Waals surface area contributed by atoms with Gasteiger partial charge in [0.15, 0.2) is 0 Å². The van der Waals surface area contributed by atoms with Gasteiger partial charge in [0.05, 0.1) is 6.21 Å². The largest absolute Gasteiger partial charge is 0.366 e. The molecular formula is C23H27BrFN3O. The Balaban J connectivity index is 1.84. The van der Waals surface area contributed by atoms with Crippen LogP contribution in [0.1, 0.15) is 67.9 Å². The first-order chi connectivity index (χ1) is 13.7. The number of rotatable bonds is 5. The van der Waals surface area contributed by atoms with E-state index in [-0.39, 0.29) is 17.3 Å². The van der Waals surface area contributed by atoms with Crippen molar-refractivity contribution in [3.8, 4) is 0 Å². The van der Waals surface area contributed by atoms with Gasteiger partial charge in [0.1, 0.15) is 5.82 Å². The molecule has 1 unspecified atom stereocenters. The molecule has 154 valence electrons. The summed E-state index contributed by atoms with van der Waals surface area (Å²) >= 11 is 3.34. The van der Waals surface area contributed by atoms with Crippen LogP contribution in [0.5, 0.6) is 0 Å². The highest BCUT2D eigenvalue weighted by atomic mass is 79.9. The molecule has 2 aromatic carbocycles. The van der Waals surface area contributed by atoms with E-state index < -0.39 is 0 Å². The molecular weight excluding hydrogens is 433 g/mol. The van der Waals surface area contributed by atoms with E-state index in [4.69, 9.17) is 0 Å². The maximum Gasteiger partial charge on any atom is 0.271 e. The maximum absolute atomic E-state index is 14.8. The van der Waals surface area contributed by atoms with Gasteiger partial charge in [-0.2, -0.15) is 5.10 Å². The summed E-state index contributed by atoms with van der Waals surface area (Å²) in [4.78, 5) is 14.5. The second-order valence-electron chi connectivity index (χ2n) is 8.21. The number of carbonyl (C=O) groups is 1. The molecule has 29 heavy (non-hydrogen) atoms. The highest BCUT2D eigenvalue weighted by molar-refractivity contribution is 9.10. The summed E-state index contributed by atoms with van der Waals surface area (Å²) in [5.41, 5.74) is 5.40. The molecule has 1 aliphatic rings. The smallest absolute Gasteiger partial charge is 0.271 e. The van der Waals surface area contributed by atoms with E-state index >= 15 is 0 Å². The van der Waals surface area contributed by atoms with Crippen molar-refractivity contribution in [1.29, 1.82) is 0 Å². The maximum atomic E-state index is 14.8. The van der Waals surface area contributed by atoms with E-state index in [0.717, 1.165) is 35.1 Å². The van der Waals surface area contributed by atoms with Crippen LogP contribution in [0.25, 0.3) is 0 Å². The zero-order valence-electron chi connectivity index (χ0n) is 17.3. The number of carbonyl (C=O) groups excluding carboxylic acids is 1. The third-order valence-corrected chi connectivity index (χ3v) is 5.90. The normalized spacial score (nSPS) is 18.0. The third kappa shape index (κ3) is 4.69. The number of hydrazone groups is 1. The average molecular weight is 460 g/mol. The van der Waals surface area contributed by atoms with Crippen molar-refractivity contribution in [3.05, 3.63) is 63.4 Å². The van der Waals surface area contributed by atoms with Crippen LogP contribution in [-0.2, 0) is 0 Å². The second kappa shape index (κ2) is 8.66. The lowest BCUT2D eigenvalue weighted by molar-refractivity contribution is 0.0955. The fourth-order valence-electron chi connectivity index (χ4n) is 4.12. The number of halogens is 2. The highest BCUT2D eigenvalue weighted by Gasteiger charge is 2.36. The Kier molecular flexibility index (Phi) is 6.42. The van der Waals surface area contributed by atoms with Gasteiger partial charge in [0.2, 0.25) is 0 Å². The Morgan fingerprint density at radius 2 is 2.14 bits per heavy atom. The highest BCUT2D eigenvalue weighted by Crippen LogP contribution is 2.44. The number of nitrogens with one attached hydrogen (secondary N) is 1. The first kappa shape index (κ1) is 21.5. The molecule has 1 amide bonds. The number of amides is 1. The quantitative estimate of drug-likeness (QED) is 0.449. The average Bonchev–Trinajstić information content (AvgIpc) is 2.65. The van der Waals surface area contributed by atoms with E-state index in [2.05, 4.69) is 59.1 Å². The summed E-state index contributed by atoms with van der Waals surface area (Å²) in [5, 5.41) is 3.97. The van der Waals surface area contributed by atoms with Crippen molar-refractivity contribution in [2.45, 2.75) is 52.0 Å². The molecule has 0 aromatic heterocycles. The minimum atomic E-state index is -0.342. The molecule has 1 N–H and O–H groups in total.